The van der Waals surface area contributed by atoms with Crippen LogP contribution in [0.3, 0.4) is 0 Å². The summed E-state index contributed by atoms with van der Waals surface area (Å²) in [5.74, 6) is 1.81. The molecule has 2 N–H and O–H groups in total. The number of methoxy groups -OCH3 is 2. The van der Waals surface area contributed by atoms with E-state index in [0.717, 1.165) is 50.2 Å². The Morgan fingerprint density at radius 1 is 0.861 bits per heavy atom. The first kappa shape index (κ1) is 25.3. The molecule has 0 spiro atoms. The minimum absolute atomic E-state index is 0.277. The van der Waals surface area contributed by atoms with E-state index in [4.69, 9.17) is 9.47 Å². The third-order valence-corrected chi connectivity index (χ3v) is 6.93. The van der Waals surface area contributed by atoms with Gasteiger partial charge in [0.15, 0.2) is 0 Å². The zero-order valence-corrected chi connectivity index (χ0v) is 21.9. The summed E-state index contributed by atoms with van der Waals surface area (Å²) in [5.41, 5.74) is 4.71. The van der Waals surface area contributed by atoms with Gasteiger partial charge >= 0.3 is 0 Å². The minimum Gasteiger partial charge on any atom is -0.497 e. The van der Waals surface area contributed by atoms with Gasteiger partial charge < -0.3 is 19.9 Å². The lowest BCUT2D eigenvalue weighted by atomic mass is 9.83. The third kappa shape index (κ3) is 4.69. The number of fused-ring (bicyclic) bond motifs is 1. The standard InChI is InChI=1S/C32H35NO3/c1-21(2)28-20-30-29(18-26(35-5)19-31(30)36-6)22(3)27(28)16-17-32(34,23-10-8-7-9-11-23)24-12-14-25(33-4)15-13-24/h7-21,33-34H,1-6H3/b17-16-. The first-order valence-corrected chi connectivity index (χ1v) is 12.3. The lowest BCUT2D eigenvalue weighted by molar-refractivity contribution is 0.135. The van der Waals surface area contributed by atoms with Crippen LogP contribution in [0.25, 0.3) is 16.8 Å². The molecule has 1 unspecified atom stereocenters. The molecule has 0 saturated heterocycles. The van der Waals surface area contributed by atoms with Crippen LogP contribution in [0.15, 0.2) is 78.9 Å². The second kappa shape index (κ2) is 10.5. The third-order valence-electron chi connectivity index (χ3n) is 6.93. The van der Waals surface area contributed by atoms with Crippen LogP contribution in [0.4, 0.5) is 5.69 Å². The maximum Gasteiger partial charge on any atom is 0.134 e. The maximum atomic E-state index is 12.1. The molecule has 0 aliphatic heterocycles. The van der Waals surface area contributed by atoms with E-state index in [2.05, 4.69) is 44.3 Å². The van der Waals surface area contributed by atoms with Crippen molar-refractivity contribution in [1.29, 1.82) is 0 Å². The molecule has 4 rings (SSSR count). The van der Waals surface area contributed by atoms with Crippen molar-refractivity contribution in [1.82, 2.24) is 0 Å². The number of benzene rings is 4. The molecular weight excluding hydrogens is 446 g/mol. The summed E-state index contributed by atoms with van der Waals surface area (Å²) in [5, 5.41) is 17.4. The van der Waals surface area contributed by atoms with Gasteiger partial charge in [-0.3, -0.25) is 0 Å². The average molecular weight is 482 g/mol. The highest BCUT2D eigenvalue weighted by Gasteiger charge is 2.29. The fraction of sp³-hybridized carbons (Fsp3) is 0.250. The number of nitrogens with one attached hydrogen (secondary N) is 1. The van der Waals surface area contributed by atoms with Crippen molar-refractivity contribution in [2.75, 3.05) is 26.6 Å². The zero-order valence-electron chi connectivity index (χ0n) is 21.9. The molecule has 4 heteroatoms. The Morgan fingerprint density at radius 3 is 2.11 bits per heavy atom. The number of ether oxygens (including phenoxy) is 2. The molecule has 0 aromatic heterocycles. The number of anilines is 1. The van der Waals surface area contributed by atoms with Gasteiger partial charge in [0.2, 0.25) is 0 Å². The summed E-state index contributed by atoms with van der Waals surface area (Å²) in [7, 11) is 5.24. The summed E-state index contributed by atoms with van der Waals surface area (Å²) in [6.07, 6.45) is 3.98. The Kier molecular flexibility index (Phi) is 7.37. The predicted octanol–water partition coefficient (Wildman–Crippen LogP) is 7.28. The van der Waals surface area contributed by atoms with Crippen LogP contribution in [-0.2, 0) is 5.60 Å². The Bertz CT molecular complexity index is 1370. The van der Waals surface area contributed by atoms with Crippen molar-refractivity contribution in [3.8, 4) is 11.5 Å². The topological polar surface area (TPSA) is 50.7 Å². The normalized spacial score (nSPS) is 13.2. The molecule has 0 radical (unpaired) electrons. The largest absolute Gasteiger partial charge is 0.497 e. The molecule has 36 heavy (non-hydrogen) atoms. The predicted molar refractivity (Wildman–Crippen MR) is 150 cm³/mol. The van der Waals surface area contributed by atoms with Gasteiger partial charge in [0.25, 0.3) is 0 Å². The molecular formula is C32H35NO3. The summed E-state index contributed by atoms with van der Waals surface area (Å²) in [6.45, 7) is 6.50. The lowest BCUT2D eigenvalue weighted by Crippen LogP contribution is -2.24. The molecule has 0 fully saturated rings. The quantitative estimate of drug-likeness (QED) is 0.278. The van der Waals surface area contributed by atoms with E-state index >= 15 is 0 Å². The van der Waals surface area contributed by atoms with Crippen LogP contribution >= 0.6 is 0 Å². The molecule has 1 atom stereocenters. The molecule has 0 bridgehead atoms. The Hall–Kier alpha value is -3.76. The van der Waals surface area contributed by atoms with Gasteiger partial charge in [0, 0.05) is 24.2 Å². The minimum atomic E-state index is -1.30. The van der Waals surface area contributed by atoms with Gasteiger partial charge in [0.05, 0.1) is 14.2 Å². The number of aliphatic hydroxyl groups is 1. The van der Waals surface area contributed by atoms with Gasteiger partial charge in [-0.05, 0) is 76.4 Å². The SMILES string of the molecule is CNc1ccc(C(O)(/C=C\c2c(C(C)C)cc3c(OC)cc(OC)cc3c2C)c2ccccc2)cc1. The number of rotatable bonds is 8. The maximum absolute atomic E-state index is 12.1. The molecule has 4 nitrogen and oxygen atoms in total. The highest BCUT2D eigenvalue weighted by atomic mass is 16.5. The van der Waals surface area contributed by atoms with Crippen molar-refractivity contribution in [2.24, 2.45) is 0 Å². The van der Waals surface area contributed by atoms with E-state index < -0.39 is 5.60 Å². The van der Waals surface area contributed by atoms with Gasteiger partial charge in [-0.1, -0.05) is 62.4 Å². The summed E-state index contributed by atoms with van der Waals surface area (Å²) in [6, 6.07) is 23.9. The monoisotopic (exact) mass is 481 g/mol. The van der Waals surface area contributed by atoms with Crippen molar-refractivity contribution in [3.05, 3.63) is 107 Å². The van der Waals surface area contributed by atoms with Crippen LogP contribution in [-0.4, -0.2) is 26.4 Å². The number of hydrogen-bond donors (Lipinski definition) is 2. The van der Waals surface area contributed by atoms with E-state index in [-0.39, 0.29) is 5.92 Å². The molecule has 0 aliphatic rings. The Morgan fingerprint density at radius 2 is 1.53 bits per heavy atom. The molecule has 186 valence electrons. The summed E-state index contributed by atoms with van der Waals surface area (Å²) < 4.78 is 11.2. The Labute approximate surface area is 214 Å². The number of aryl methyl sites for hydroxylation is 1. The molecule has 0 amide bonds. The van der Waals surface area contributed by atoms with E-state index in [1.54, 1.807) is 14.2 Å². The Balaban J connectivity index is 1.94. The van der Waals surface area contributed by atoms with Crippen LogP contribution < -0.4 is 14.8 Å². The summed E-state index contributed by atoms with van der Waals surface area (Å²) in [4.78, 5) is 0. The van der Waals surface area contributed by atoms with Crippen molar-refractivity contribution in [2.45, 2.75) is 32.3 Å². The van der Waals surface area contributed by atoms with E-state index in [1.165, 1.54) is 5.56 Å². The van der Waals surface area contributed by atoms with Crippen LogP contribution in [0, 0.1) is 6.92 Å². The van der Waals surface area contributed by atoms with Gasteiger partial charge in [-0.15, -0.1) is 0 Å². The van der Waals surface area contributed by atoms with Crippen molar-refractivity contribution in [3.63, 3.8) is 0 Å². The van der Waals surface area contributed by atoms with Crippen molar-refractivity contribution >= 4 is 22.5 Å². The molecule has 0 heterocycles. The van der Waals surface area contributed by atoms with Crippen LogP contribution in [0.5, 0.6) is 11.5 Å². The van der Waals surface area contributed by atoms with Crippen molar-refractivity contribution < 1.29 is 14.6 Å². The second-order valence-electron chi connectivity index (χ2n) is 9.38. The van der Waals surface area contributed by atoms with Gasteiger partial charge in [-0.25, -0.2) is 0 Å². The van der Waals surface area contributed by atoms with E-state index in [9.17, 15) is 5.11 Å². The second-order valence-corrected chi connectivity index (χ2v) is 9.38. The van der Waals surface area contributed by atoms with Crippen LogP contribution in [0.1, 0.15) is 47.6 Å². The van der Waals surface area contributed by atoms with Gasteiger partial charge in [0.1, 0.15) is 17.1 Å². The molecule has 0 saturated carbocycles. The van der Waals surface area contributed by atoms with Gasteiger partial charge in [-0.2, -0.15) is 0 Å². The fourth-order valence-electron chi connectivity index (χ4n) is 4.79. The average Bonchev–Trinajstić information content (AvgIpc) is 2.92. The van der Waals surface area contributed by atoms with Crippen LogP contribution in [0.2, 0.25) is 0 Å². The molecule has 4 aromatic carbocycles. The smallest absolute Gasteiger partial charge is 0.134 e. The fourth-order valence-corrected chi connectivity index (χ4v) is 4.79. The van der Waals surface area contributed by atoms with E-state index in [1.807, 2.05) is 73.8 Å². The highest BCUT2D eigenvalue weighted by Crippen LogP contribution is 2.39. The highest BCUT2D eigenvalue weighted by molar-refractivity contribution is 5.95. The zero-order chi connectivity index (χ0) is 25.9. The van der Waals surface area contributed by atoms with E-state index in [0.29, 0.717) is 0 Å². The molecule has 0 aliphatic carbocycles. The first-order valence-electron chi connectivity index (χ1n) is 12.3. The summed E-state index contributed by atoms with van der Waals surface area (Å²) >= 11 is 0. The number of hydrogen-bond acceptors (Lipinski definition) is 4. The molecule has 4 aromatic rings. The lowest BCUT2D eigenvalue weighted by Gasteiger charge is -2.27. The first-order chi connectivity index (χ1) is 17.3.